The van der Waals surface area contributed by atoms with Gasteiger partial charge in [0.2, 0.25) is 0 Å². The van der Waals surface area contributed by atoms with Crippen molar-refractivity contribution in [2.24, 2.45) is 20.5 Å². The molecule has 6 aromatic carbocycles. The molecule has 10 rings (SSSR count). The molecule has 0 bridgehead atoms. The Morgan fingerprint density at radius 2 is 0.750 bits per heavy atom. The van der Waals surface area contributed by atoms with E-state index >= 15 is 0 Å². The summed E-state index contributed by atoms with van der Waals surface area (Å²) in [6.07, 6.45) is 0. The fourth-order valence-corrected chi connectivity index (χ4v) is 16.0. The third kappa shape index (κ3) is 21.5. The topological polar surface area (TPSA) is 754 Å². The molecule has 0 aliphatic heterocycles. The lowest BCUT2D eigenvalue weighted by Crippen LogP contribution is -2.17. The fourth-order valence-electron chi connectivity index (χ4n) is 10.3. The van der Waals surface area contributed by atoms with Crippen molar-refractivity contribution in [3.8, 4) is 23.5 Å². The number of nitrogens with one attached hydrogen (secondary N) is 4. The zero-order valence-electron chi connectivity index (χ0n) is 58.2. The SMILES string of the molecule is C=CS(=O)(=O)CCNc1nc(NCCOS(=O)(=O)O)c(C#N)c(C)c1N=Nc1ccc(-n2nc3ccc4c(S(=O)(=O)O)cc(S(=O)(=O)O)cc4c3n2)cc1S(=O)(=O)O.C=CS(=O)(=O)CCNc1nc(NCCOS(=O)(=O)O)c(N=Nc2ccc(-n3nc4ccc5c(S(=O)(=O)O)cc(S(=O)(=O)O)cc5c4n3)cc2S(=O)(=O)O)c(C)c1C#N. The van der Waals surface area contributed by atoms with Crippen molar-refractivity contribution in [2.45, 2.75) is 43.2 Å². The van der Waals surface area contributed by atoms with E-state index in [-0.39, 0.29) is 138 Å². The highest BCUT2D eigenvalue weighted by atomic mass is 32.3. The Hall–Kier alpha value is -11.1. The summed E-state index contributed by atoms with van der Waals surface area (Å²) in [7, 11) is -47.4. The number of azo groups is 2. The molecule has 0 radical (unpaired) electrons. The predicted octanol–water partition coefficient (Wildman–Crippen LogP) is 5.01. The lowest BCUT2D eigenvalue weighted by Gasteiger charge is -2.15. The summed E-state index contributed by atoms with van der Waals surface area (Å²) in [4.78, 5) is 4.85. The summed E-state index contributed by atoms with van der Waals surface area (Å²) in [6, 6.07) is 17.7. The molecule has 10 aromatic rings. The van der Waals surface area contributed by atoms with Crippen molar-refractivity contribution in [3.63, 3.8) is 0 Å². The van der Waals surface area contributed by atoms with Crippen molar-refractivity contribution >= 4 is 191 Å². The quantitative estimate of drug-likeness (QED) is 0.0150. The zero-order chi connectivity index (χ0) is 86.0. The molecule has 4 aromatic heterocycles. The molecule has 616 valence electrons. The van der Waals surface area contributed by atoms with Crippen LogP contribution in [0.3, 0.4) is 0 Å². The van der Waals surface area contributed by atoms with Crippen LogP contribution in [0.1, 0.15) is 22.3 Å². The molecule has 0 saturated heterocycles. The number of sulfone groups is 2. The highest BCUT2D eigenvalue weighted by Gasteiger charge is 2.29. The lowest BCUT2D eigenvalue weighted by atomic mass is 10.1. The van der Waals surface area contributed by atoms with Crippen molar-refractivity contribution in [3.05, 3.63) is 131 Å². The second kappa shape index (κ2) is 33.6. The molecule has 0 saturated carbocycles. The molecule has 116 heavy (non-hydrogen) atoms. The van der Waals surface area contributed by atoms with E-state index in [1.807, 2.05) is 12.1 Å². The summed E-state index contributed by atoms with van der Waals surface area (Å²) >= 11 is 0. The van der Waals surface area contributed by atoms with Gasteiger partial charge in [0, 0.05) is 69.7 Å². The van der Waals surface area contributed by atoms with Gasteiger partial charge in [-0.15, -0.1) is 40.9 Å². The van der Waals surface area contributed by atoms with Crippen molar-refractivity contribution in [1.29, 1.82) is 10.5 Å². The van der Waals surface area contributed by atoms with Crippen molar-refractivity contribution in [2.75, 3.05) is 72.2 Å². The summed E-state index contributed by atoms with van der Waals surface area (Å²) in [6.45, 7) is 6.79. The van der Waals surface area contributed by atoms with Gasteiger partial charge < -0.3 is 21.3 Å². The Morgan fingerprint density at radius 1 is 0.414 bits per heavy atom. The maximum Gasteiger partial charge on any atom is 0.397 e. The van der Waals surface area contributed by atoms with E-state index in [0.29, 0.717) is 12.1 Å². The Bertz CT molecular complexity index is 7180. The highest BCUT2D eigenvalue weighted by Crippen LogP contribution is 2.40. The third-order valence-electron chi connectivity index (χ3n) is 15.6. The van der Waals surface area contributed by atoms with Crippen LogP contribution in [0.5, 0.6) is 0 Å². The number of hydrogen-bond acceptors (Lipinski definition) is 38. The van der Waals surface area contributed by atoms with Crippen LogP contribution in [-0.4, -0.2) is 211 Å². The molecule has 4 heterocycles. The van der Waals surface area contributed by atoms with Crippen LogP contribution in [0.2, 0.25) is 0 Å². The second-order valence-electron chi connectivity index (χ2n) is 23.2. The summed E-state index contributed by atoms with van der Waals surface area (Å²) in [5.41, 5.74) is -2.30. The number of aromatic nitrogens is 8. The number of pyridine rings is 2. The number of fused-ring (bicyclic) bond motifs is 6. The van der Waals surface area contributed by atoms with E-state index in [1.54, 1.807) is 0 Å². The number of anilines is 4. The van der Waals surface area contributed by atoms with Gasteiger partial charge in [0.25, 0.3) is 60.7 Å². The Morgan fingerprint density at radius 3 is 1.07 bits per heavy atom. The average molecular weight is 1800 g/mol. The molecule has 0 fully saturated rings. The highest BCUT2D eigenvalue weighted by molar-refractivity contribution is 7.94. The van der Waals surface area contributed by atoms with Gasteiger partial charge in [0.05, 0.1) is 57.0 Å². The lowest BCUT2D eigenvalue weighted by molar-refractivity contribution is 0.277. The molecule has 0 amide bonds. The number of nitrogens with zero attached hydrogens (tertiary/aromatic N) is 14. The van der Waals surface area contributed by atoms with Gasteiger partial charge in [-0.2, -0.15) is 87.5 Å². The summed E-state index contributed by atoms with van der Waals surface area (Å²) in [5, 5.41) is 64.0. The minimum atomic E-state index is -5.13. The molecule has 0 unspecified atom stereocenters. The maximum atomic E-state index is 12.6. The van der Waals surface area contributed by atoms with E-state index in [1.165, 1.54) is 50.2 Å². The first-order valence-electron chi connectivity index (χ1n) is 31.1. The van der Waals surface area contributed by atoms with Crippen LogP contribution in [0, 0.1) is 36.5 Å². The summed E-state index contributed by atoms with van der Waals surface area (Å²) in [5.74, 6) is -1.64. The molecule has 12 N–H and O–H groups in total. The van der Waals surface area contributed by atoms with Crippen LogP contribution < -0.4 is 21.3 Å². The molecular weight excluding hydrogens is 1750 g/mol. The van der Waals surface area contributed by atoms with Gasteiger partial charge in [-0.25, -0.2) is 35.2 Å². The first kappa shape index (κ1) is 88.8. The number of nitriles is 2. The molecule has 0 spiro atoms. The normalized spacial score (nSPS) is 12.9. The van der Waals surface area contributed by atoms with Crippen LogP contribution in [-0.2, 0) is 110 Å². The van der Waals surface area contributed by atoms with Crippen LogP contribution >= 0.6 is 0 Å². The standard InChI is InChI=1S/2C29H27N9O15S5/c1-3-54(39,40)11-9-32-28-21(15-30)16(2)26(29(33-28)31-8-10-53-58(50,51)52)35-34-22-6-4-17(12-25(22)57(47,48)49)38-36-23-7-5-19-20(27(23)37-38)13-18(55(41,42)43)14-24(19)56(44,45)46;1-3-54(39,40)11-9-32-29-26(16(2)21(15-30)28(33-29)31-8-10-53-58(50,51)52)35-34-22-6-4-17(12-25(22)57(47,48)49)38-36-23-7-5-19-20(27(23)37-38)13-18(55(41,42)43)14-24(19)56(44,45)46/h2*3-7,12-14H,1,8-11H2,2H3,(H2,31,32,33)(H,41,42,43)(H,44,45,46)(H,47,48,49)(H,50,51,52). The predicted molar refractivity (Wildman–Crippen MR) is 404 cm³/mol. The van der Waals surface area contributed by atoms with Crippen LogP contribution in [0.4, 0.5) is 46.0 Å². The second-order valence-corrected chi connectivity index (χ2v) is 38.0. The van der Waals surface area contributed by atoms with Gasteiger partial charge in [-0.05, 0) is 86.6 Å². The maximum absolute atomic E-state index is 12.6. The number of hydrogen-bond donors (Lipinski definition) is 12. The van der Waals surface area contributed by atoms with Gasteiger partial charge in [-0.3, -0.25) is 36.4 Å². The van der Waals surface area contributed by atoms with Gasteiger partial charge in [0.15, 0.2) is 31.3 Å². The molecule has 48 nitrogen and oxygen atoms in total. The Balaban J connectivity index is 0.000000265. The molecular formula is C58H54N18O30S10. The van der Waals surface area contributed by atoms with Gasteiger partial charge in [0.1, 0.15) is 88.2 Å². The molecule has 0 aliphatic rings. The summed E-state index contributed by atoms with van der Waals surface area (Å²) < 4.78 is 324. The average Bonchev–Trinajstić information content (AvgIpc) is 1.74. The van der Waals surface area contributed by atoms with E-state index in [9.17, 15) is 122 Å². The molecule has 58 heteroatoms. The Kier molecular flexibility index (Phi) is 25.7. The Labute approximate surface area is 656 Å². The van der Waals surface area contributed by atoms with Crippen molar-refractivity contribution < 1.29 is 129 Å². The smallest absolute Gasteiger partial charge is 0.368 e. The first-order chi connectivity index (χ1) is 53.6. The zero-order valence-corrected chi connectivity index (χ0v) is 66.4. The molecule has 0 atom stereocenters. The first-order valence-corrected chi connectivity index (χ1v) is 45.9. The monoisotopic (exact) mass is 1800 g/mol. The number of benzene rings is 6. The number of rotatable bonds is 32. The largest absolute Gasteiger partial charge is 0.397 e. The van der Waals surface area contributed by atoms with Gasteiger partial charge in [-0.1, -0.05) is 25.3 Å². The van der Waals surface area contributed by atoms with Crippen molar-refractivity contribution in [1.82, 2.24) is 40.0 Å². The van der Waals surface area contributed by atoms with E-state index < -0.39 is 167 Å². The van der Waals surface area contributed by atoms with E-state index in [0.717, 1.165) is 56.8 Å². The van der Waals surface area contributed by atoms with Gasteiger partial charge >= 0.3 is 20.8 Å². The molecule has 0 aliphatic carbocycles. The van der Waals surface area contributed by atoms with Crippen LogP contribution in [0.25, 0.3) is 55.0 Å². The van der Waals surface area contributed by atoms with E-state index in [4.69, 9.17) is 9.11 Å². The third-order valence-corrected chi connectivity index (χ3v) is 24.3. The minimum Gasteiger partial charge on any atom is -0.368 e. The van der Waals surface area contributed by atoms with Crippen LogP contribution in [0.15, 0.2) is 159 Å². The minimum absolute atomic E-state index is 0.000436. The van der Waals surface area contributed by atoms with E-state index in [2.05, 4.69) is 93.6 Å². The fraction of sp³-hybridized carbons (Fsp3) is 0.172.